The lowest BCUT2D eigenvalue weighted by atomic mass is 9.41. The molecule has 8 heteroatoms. The number of carbonyl (C=O) groups is 1. The number of aryl methyl sites for hydroxylation is 1. The molecule has 1 aromatic carbocycles. The Morgan fingerprint density at radius 2 is 1.61 bits per heavy atom. The lowest BCUT2D eigenvalue weighted by molar-refractivity contribution is -0.215. The zero-order valence-electron chi connectivity index (χ0n) is 27.6. The van der Waals surface area contributed by atoms with Gasteiger partial charge in [0.2, 0.25) is 11.8 Å². The normalized spacial score (nSPS) is 31.0. The predicted molar refractivity (Wildman–Crippen MR) is 169 cm³/mol. The van der Waals surface area contributed by atoms with E-state index in [4.69, 9.17) is 14.6 Å². The van der Waals surface area contributed by atoms with Crippen LogP contribution in [0.4, 0.5) is 10.1 Å². The topological polar surface area (TPSA) is 77.1 Å². The average molecular weight is 602 g/mol. The number of aromatic nitrogens is 4. The van der Waals surface area contributed by atoms with Crippen molar-refractivity contribution in [2.75, 3.05) is 11.4 Å². The van der Waals surface area contributed by atoms with E-state index in [1.54, 1.807) is 0 Å². The molecule has 7 nitrogen and oxygen atoms in total. The zero-order chi connectivity index (χ0) is 31.3. The van der Waals surface area contributed by atoms with Gasteiger partial charge in [-0.1, -0.05) is 58.8 Å². The summed E-state index contributed by atoms with van der Waals surface area (Å²) in [5.74, 6) is 1.70. The van der Waals surface area contributed by atoms with Crippen molar-refractivity contribution < 1.29 is 13.7 Å². The van der Waals surface area contributed by atoms with Crippen molar-refractivity contribution in [2.45, 2.75) is 128 Å². The second kappa shape index (κ2) is 9.49. The molecule has 6 aliphatic rings. The second-order valence-corrected chi connectivity index (χ2v) is 17.1. The highest BCUT2D eigenvalue weighted by atomic mass is 19.1. The molecule has 0 N–H and O–H groups in total. The highest BCUT2D eigenvalue weighted by Gasteiger charge is 2.69. The van der Waals surface area contributed by atoms with Gasteiger partial charge in [0, 0.05) is 53.2 Å². The molecular formula is C36H48FN5O2. The molecule has 9 rings (SSSR count). The fourth-order valence-electron chi connectivity index (χ4n) is 8.85. The zero-order valence-corrected chi connectivity index (χ0v) is 27.6. The summed E-state index contributed by atoms with van der Waals surface area (Å²) < 4.78 is 22.1. The van der Waals surface area contributed by atoms with Gasteiger partial charge in [0.1, 0.15) is 5.67 Å². The molecule has 6 fully saturated rings. The molecule has 1 amide bonds. The molecule has 3 aromatic rings. The first kappa shape index (κ1) is 29.7. The fourth-order valence-corrected chi connectivity index (χ4v) is 8.85. The summed E-state index contributed by atoms with van der Waals surface area (Å²) in [6, 6.07) is 10.5. The van der Waals surface area contributed by atoms with Gasteiger partial charge in [-0.3, -0.25) is 9.48 Å². The van der Waals surface area contributed by atoms with Gasteiger partial charge in [-0.25, -0.2) is 4.39 Å². The molecule has 0 saturated heterocycles. The van der Waals surface area contributed by atoms with Crippen molar-refractivity contribution in [3.63, 3.8) is 0 Å². The van der Waals surface area contributed by atoms with E-state index < -0.39 is 5.67 Å². The van der Waals surface area contributed by atoms with Crippen LogP contribution in [0.15, 0.2) is 34.9 Å². The number of alkyl halides is 1. The first-order chi connectivity index (χ1) is 20.5. The van der Waals surface area contributed by atoms with Crippen LogP contribution in [0, 0.1) is 10.8 Å². The van der Waals surface area contributed by atoms with Crippen LogP contribution in [0.3, 0.4) is 0 Å². The Hall–Kier alpha value is -3.03. The third-order valence-electron chi connectivity index (χ3n) is 11.4. The van der Waals surface area contributed by atoms with Gasteiger partial charge in [0.15, 0.2) is 5.82 Å². The van der Waals surface area contributed by atoms with Gasteiger partial charge in [-0.15, -0.1) is 0 Å². The van der Waals surface area contributed by atoms with Gasteiger partial charge in [-0.05, 0) is 86.8 Å². The molecule has 2 heterocycles. The third kappa shape index (κ3) is 4.91. The molecule has 44 heavy (non-hydrogen) atoms. The summed E-state index contributed by atoms with van der Waals surface area (Å²) in [6.07, 6.45) is 8.17. The Morgan fingerprint density at radius 3 is 2.16 bits per heavy atom. The molecule has 4 bridgehead atoms. The number of amides is 1. The number of benzene rings is 1. The fraction of sp³-hybridized carbons (Fsp3) is 0.667. The maximum absolute atomic E-state index is 14.4. The Bertz CT molecular complexity index is 1560. The van der Waals surface area contributed by atoms with E-state index in [-0.39, 0.29) is 33.0 Å². The van der Waals surface area contributed by atoms with E-state index in [1.165, 1.54) is 0 Å². The summed E-state index contributed by atoms with van der Waals surface area (Å²) in [5, 5.41) is 9.32. The largest absolute Gasteiger partial charge is 0.339 e. The first-order valence-corrected chi connectivity index (χ1v) is 16.5. The second-order valence-electron chi connectivity index (χ2n) is 17.1. The standard InChI is InChI=1S/C36H48FN5O2/c1-31(2,3)27-18-26(39-41(27)7)24-9-8-10-25(17-24)42(28(43)19-34-20-36(37,21-34)22-34)23-33-11-14-35(15-12-33,16-13-33)29-38-30(44-40-29)32(4,5)6/h8-10,17-18H,11-16,19-23H2,1-7H3. The van der Waals surface area contributed by atoms with Crippen molar-refractivity contribution in [3.05, 3.63) is 47.7 Å². The number of hydrogen-bond donors (Lipinski definition) is 0. The first-order valence-electron chi connectivity index (χ1n) is 16.5. The van der Waals surface area contributed by atoms with Crippen LogP contribution in [0.2, 0.25) is 0 Å². The van der Waals surface area contributed by atoms with Crippen molar-refractivity contribution in [3.8, 4) is 11.3 Å². The van der Waals surface area contributed by atoms with Crippen molar-refractivity contribution in [1.29, 1.82) is 0 Å². The Balaban J connectivity index is 1.15. The van der Waals surface area contributed by atoms with Gasteiger partial charge < -0.3 is 9.42 Å². The van der Waals surface area contributed by atoms with E-state index in [9.17, 15) is 9.18 Å². The molecular weight excluding hydrogens is 553 g/mol. The van der Waals surface area contributed by atoms with Crippen LogP contribution in [0.25, 0.3) is 11.3 Å². The minimum Gasteiger partial charge on any atom is -0.339 e. The molecule has 0 unspecified atom stereocenters. The molecule has 236 valence electrons. The third-order valence-corrected chi connectivity index (χ3v) is 11.4. The van der Waals surface area contributed by atoms with Crippen LogP contribution >= 0.6 is 0 Å². The monoisotopic (exact) mass is 601 g/mol. The highest BCUT2D eigenvalue weighted by molar-refractivity contribution is 5.95. The van der Waals surface area contributed by atoms with Gasteiger partial charge in [-0.2, -0.15) is 10.1 Å². The number of carbonyl (C=O) groups excluding carboxylic acids is 1. The molecule has 0 atom stereocenters. The quantitative estimate of drug-likeness (QED) is 0.274. The van der Waals surface area contributed by atoms with Crippen molar-refractivity contribution >= 4 is 11.6 Å². The van der Waals surface area contributed by atoms with Crippen LogP contribution in [0.1, 0.15) is 123 Å². The van der Waals surface area contributed by atoms with Crippen LogP contribution < -0.4 is 4.90 Å². The van der Waals surface area contributed by atoms with Crippen LogP contribution in [-0.4, -0.2) is 38.0 Å². The summed E-state index contributed by atoms with van der Waals surface area (Å²) in [5.41, 5.74) is 2.68. The Kier molecular flexibility index (Phi) is 6.40. The van der Waals surface area contributed by atoms with Crippen molar-refractivity contribution in [1.82, 2.24) is 19.9 Å². The highest BCUT2D eigenvalue weighted by Crippen LogP contribution is 2.71. The summed E-state index contributed by atoms with van der Waals surface area (Å²) in [7, 11) is 2.00. The molecule has 0 spiro atoms. The van der Waals surface area contributed by atoms with Gasteiger partial charge in [0.25, 0.3) is 0 Å². The minimum atomic E-state index is -1.01. The Morgan fingerprint density at radius 1 is 0.955 bits per heavy atom. The lowest BCUT2D eigenvalue weighted by Crippen LogP contribution is -2.65. The number of rotatable bonds is 7. The SMILES string of the molecule is Cn1nc(-c2cccc(N(CC34CCC(c5noc(C(C)(C)C)n5)(CC3)CC4)C(=O)CC34CC(F)(C3)C4)c2)cc1C(C)(C)C. The number of nitrogens with zero attached hydrogens (tertiary/aromatic N) is 5. The van der Waals surface area contributed by atoms with Crippen molar-refractivity contribution in [2.24, 2.45) is 17.9 Å². The summed E-state index contributed by atoms with van der Waals surface area (Å²) >= 11 is 0. The van der Waals surface area contributed by atoms with E-state index in [0.29, 0.717) is 38.1 Å². The van der Waals surface area contributed by atoms with Crippen LogP contribution in [0.5, 0.6) is 0 Å². The smallest absolute Gasteiger partial charge is 0.232 e. The van der Waals surface area contributed by atoms with Crippen LogP contribution in [-0.2, 0) is 28.1 Å². The number of hydrogen-bond acceptors (Lipinski definition) is 5. The maximum atomic E-state index is 14.4. The minimum absolute atomic E-state index is 0.0255. The van der Waals surface area contributed by atoms with E-state index in [0.717, 1.165) is 67.0 Å². The summed E-state index contributed by atoms with van der Waals surface area (Å²) in [6.45, 7) is 13.6. The molecule has 2 aromatic heterocycles. The van der Waals surface area contributed by atoms with Gasteiger partial charge >= 0.3 is 0 Å². The molecule has 0 radical (unpaired) electrons. The maximum Gasteiger partial charge on any atom is 0.232 e. The predicted octanol–water partition coefficient (Wildman–Crippen LogP) is 7.97. The number of halogens is 1. The number of fused-ring (bicyclic) bond motifs is 3. The molecule has 0 aliphatic heterocycles. The van der Waals surface area contributed by atoms with E-state index in [2.05, 4.69) is 71.0 Å². The molecule has 6 aliphatic carbocycles. The van der Waals surface area contributed by atoms with E-state index in [1.807, 2.05) is 22.7 Å². The van der Waals surface area contributed by atoms with Gasteiger partial charge in [0.05, 0.1) is 5.69 Å². The molecule has 6 saturated carbocycles. The van der Waals surface area contributed by atoms with E-state index >= 15 is 0 Å². The lowest BCUT2D eigenvalue weighted by Gasteiger charge is -2.66. The number of anilines is 1. The Labute approximate surface area is 261 Å². The average Bonchev–Trinajstić information content (AvgIpc) is 3.60. The summed E-state index contributed by atoms with van der Waals surface area (Å²) in [4.78, 5) is 21.1.